The van der Waals surface area contributed by atoms with Gasteiger partial charge in [-0.1, -0.05) is 42.5 Å². The Labute approximate surface area is 192 Å². The molecule has 7 heteroatoms. The summed E-state index contributed by atoms with van der Waals surface area (Å²) in [5, 5.41) is 11.9. The minimum Gasteiger partial charge on any atom is -0.496 e. The highest BCUT2D eigenvalue weighted by Gasteiger charge is 2.27. The van der Waals surface area contributed by atoms with Crippen molar-refractivity contribution in [2.75, 3.05) is 26.9 Å². The van der Waals surface area contributed by atoms with E-state index in [2.05, 4.69) is 26.7 Å². The zero-order chi connectivity index (χ0) is 23.2. The van der Waals surface area contributed by atoms with Crippen LogP contribution in [0.15, 0.2) is 54.6 Å². The van der Waals surface area contributed by atoms with E-state index in [0.29, 0.717) is 37.3 Å². The number of para-hydroxylation sites is 1. The molecule has 2 aromatic carbocycles. The van der Waals surface area contributed by atoms with E-state index >= 15 is 0 Å². The van der Waals surface area contributed by atoms with Crippen LogP contribution in [-0.2, 0) is 16.0 Å². The lowest BCUT2D eigenvalue weighted by Crippen LogP contribution is -2.39. The number of ether oxygens (including phenoxy) is 2. The predicted octanol–water partition coefficient (Wildman–Crippen LogP) is 3.77. The molecule has 0 saturated carbocycles. The van der Waals surface area contributed by atoms with Gasteiger partial charge in [0, 0.05) is 24.7 Å². The summed E-state index contributed by atoms with van der Waals surface area (Å²) in [6, 6.07) is 17.2. The number of carbonyl (C=O) groups excluding carboxylic acids is 2. The molecule has 0 aromatic heterocycles. The number of aryl methyl sites for hydroxylation is 1. The number of unbranched alkanes of at least 4 members (excludes halogenated alkanes) is 1. The number of carbonyl (C=O) groups is 2. The zero-order valence-electron chi connectivity index (χ0n) is 18.7. The fourth-order valence-corrected chi connectivity index (χ4v) is 3.77. The van der Waals surface area contributed by atoms with E-state index < -0.39 is 5.16 Å². The summed E-state index contributed by atoms with van der Waals surface area (Å²) in [7, 11) is 4.21. The van der Waals surface area contributed by atoms with E-state index in [-0.39, 0.29) is 24.9 Å². The largest absolute Gasteiger partial charge is 0.496 e. The molecule has 0 aliphatic rings. The van der Waals surface area contributed by atoms with E-state index in [4.69, 9.17) is 9.47 Å². The van der Waals surface area contributed by atoms with Crippen LogP contribution < -0.4 is 10.1 Å². The standard InChI is InChI=1S/C25H34NO5P/c1-30-22-13-6-5-12-21(22)24(29)26-19-25(32,16-17-27)15-14-23(28)31-18-8-7-11-20-9-3-2-4-10-20/h2-6,9-10,12-13,27H,7-8,11,14-19,32H2,1H3,(H,26,29). The maximum atomic E-state index is 12.6. The number of aliphatic hydroxyl groups excluding tert-OH is 1. The van der Waals surface area contributed by atoms with Crippen LogP contribution in [0.5, 0.6) is 5.75 Å². The Balaban J connectivity index is 1.73. The molecule has 2 aromatic rings. The topological polar surface area (TPSA) is 84.9 Å². The molecule has 0 bridgehead atoms. The van der Waals surface area contributed by atoms with Gasteiger partial charge < -0.3 is 19.9 Å². The molecule has 0 heterocycles. The van der Waals surface area contributed by atoms with Crippen molar-refractivity contribution in [3.8, 4) is 5.75 Å². The molecular formula is C25H34NO5P. The summed E-state index contributed by atoms with van der Waals surface area (Å²) >= 11 is 0. The van der Waals surface area contributed by atoms with Gasteiger partial charge in [0.15, 0.2) is 0 Å². The molecule has 0 spiro atoms. The monoisotopic (exact) mass is 459 g/mol. The van der Waals surface area contributed by atoms with E-state index in [9.17, 15) is 14.7 Å². The first kappa shape index (κ1) is 25.8. The Kier molecular flexibility index (Phi) is 11.2. The number of esters is 1. The van der Waals surface area contributed by atoms with Gasteiger partial charge in [-0.25, -0.2) is 0 Å². The van der Waals surface area contributed by atoms with Gasteiger partial charge in [-0.3, -0.25) is 9.59 Å². The van der Waals surface area contributed by atoms with Gasteiger partial charge in [-0.05, 0) is 49.8 Å². The lowest BCUT2D eigenvalue weighted by Gasteiger charge is -2.29. The van der Waals surface area contributed by atoms with Crippen molar-refractivity contribution in [1.82, 2.24) is 5.32 Å². The average molecular weight is 460 g/mol. The highest BCUT2D eigenvalue weighted by atomic mass is 31.0. The van der Waals surface area contributed by atoms with Crippen molar-refractivity contribution in [1.29, 1.82) is 0 Å². The summed E-state index contributed by atoms with van der Waals surface area (Å²) in [6.45, 7) is 0.669. The van der Waals surface area contributed by atoms with Gasteiger partial charge in [0.2, 0.25) is 0 Å². The van der Waals surface area contributed by atoms with Crippen LogP contribution in [0.2, 0.25) is 0 Å². The Hall–Kier alpha value is -2.43. The molecule has 0 radical (unpaired) electrons. The summed E-state index contributed by atoms with van der Waals surface area (Å²) in [5.74, 6) is -0.0175. The number of methoxy groups -OCH3 is 1. The van der Waals surface area contributed by atoms with Crippen molar-refractivity contribution < 1.29 is 24.2 Å². The van der Waals surface area contributed by atoms with Crippen molar-refractivity contribution >= 4 is 21.1 Å². The Morgan fingerprint density at radius 3 is 2.47 bits per heavy atom. The normalized spacial score (nSPS) is 12.6. The van der Waals surface area contributed by atoms with Gasteiger partial charge in [0.1, 0.15) is 5.75 Å². The Morgan fingerprint density at radius 2 is 1.75 bits per heavy atom. The second kappa shape index (κ2) is 13.9. The van der Waals surface area contributed by atoms with Crippen LogP contribution in [0.4, 0.5) is 0 Å². The minimum absolute atomic E-state index is 0.0391. The summed E-state index contributed by atoms with van der Waals surface area (Å²) in [6.07, 6.45) is 3.90. The molecule has 0 fully saturated rings. The van der Waals surface area contributed by atoms with Crippen LogP contribution in [0.3, 0.4) is 0 Å². The predicted molar refractivity (Wildman–Crippen MR) is 129 cm³/mol. The third kappa shape index (κ3) is 8.97. The van der Waals surface area contributed by atoms with Gasteiger partial charge in [0.05, 0.1) is 19.3 Å². The molecule has 2 atom stereocenters. The lowest BCUT2D eigenvalue weighted by molar-refractivity contribution is -0.144. The third-order valence-electron chi connectivity index (χ3n) is 5.35. The SMILES string of the molecule is COc1ccccc1C(=O)NCC(P)(CCO)CCC(=O)OCCCCc1ccccc1. The number of amides is 1. The van der Waals surface area contributed by atoms with Gasteiger partial charge in [0.25, 0.3) is 5.91 Å². The number of benzene rings is 2. The fraction of sp³-hybridized carbons (Fsp3) is 0.440. The van der Waals surface area contributed by atoms with Crippen molar-refractivity contribution in [2.24, 2.45) is 0 Å². The molecule has 1 amide bonds. The van der Waals surface area contributed by atoms with Gasteiger partial charge >= 0.3 is 5.97 Å². The molecule has 2 rings (SSSR count). The van der Waals surface area contributed by atoms with Crippen LogP contribution >= 0.6 is 9.24 Å². The third-order valence-corrected chi connectivity index (χ3v) is 6.14. The second-order valence-electron chi connectivity index (χ2n) is 7.88. The van der Waals surface area contributed by atoms with Crippen molar-refractivity contribution in [3.63, 3.8) is 0 Å². The highest BCUT2D eigenvalue weighted by Crippen LogP contribution is 2.28. The maximum Gasteiger partial charge on any atom is 0.305 e. The van der Waals surface area contributed by atoms with Crippen LogP contribution in [0.25, 0.3) is 0 Å². The van der Waals surface area contributed by atoms with E-state index in [1.54, 1.807) is 24.3 Å². The first-order valence-corrected chi connectivity index (χ1v) is 11.6. The van der Waals surface area contributed by atoms with Crippen LogP contribution in [-0.4, -0.2) is 49.0 Å². The first-order chi connectivity index (χ1) is 15.5. The number of aliphatic hydroxyl groups is 1. The molecule has 0 saturated heterocycles. The van der Waals surface area contributed by atoms with Gasteiger partial charge in [-0.15, -0.1) is 9.24 Å². The number of nitrogens with one attached hydrogen (secondary N) is 1. The molecular weight excluding hydrogens is 425 g/mol. The molecule has 2 unspecified atom stereocenters. The Morgan fingerprint density at radius 1 is 1.03 bits per heavy atom. The van der Waals surface area contributed by atoms with E-state index in [0.717, 1.165) is 19.3 Å². The average Bonchev–Trinajstić information content (AvgIpc) is 2.82. The zero-order valence-corrected chi connectivity index (χ0v) is 19.9. The smallest absolute Gasteiger partial charge is 0.305 e. The van der Waals surface area contributed by atoms with Crippen LogP contribution in [0.1, 0.15) is 48.0 Å². The van der Waals surface area contributed by atoms with E-state index in [1.165, 1.54) is 12.7 Å². The lowest BCUT2D eigenvalue weighted by atomic mass is 9.98. The fourth-order valence-electron chi connectivity index (χ4n) is 3.39. The highest BCUT2D eigenvalue weighted by molar-refractivity contribution is 7.19. The first-order valence-electron chi connectivity index (χ1n) is 11.0. The molecule has 2 N–H and O–H groups in total. The quantitative estimate of drug-likeness (QED) is 0.255. The van der Waals surface area contributed by atoms with Gasteiger partial charge in [-0.2, -0.15) is 0 Å². The number of hydrogen-bond acceptors (Lipinski definition) is 5. The molecule has 32 heavy (non-hydrogen) atoms. The minimum atomic E-state index is -0.501. The van der Waals surface area contributed by atoms with Crippen molar-refractivity contribution in [3.05, 3.63) is 65.7 Å². The molecule has 0 aliphatic heterocycles. The maximum absolute atomic E-state index is 12.6. The molecule has 174 valence electrons. The number of rotatable bonds is 14. The molecule has 0 aliphatic carbocycles. The summed E-state index contributed by atoms with van der Waals surface area (Å²) < 4.78 is 10.6. The Bertz CT molecular complexity index is 845. The molecule has 6 nitrogen and oxygen atoms in total. The summed E-state index contributed by atoms with van der Waals surface area (Å²) in [5.41, 5.74) is 1.73. The van der Waals surface area contributed by atoms with E-state index in [1.807, 2.05) is 18.2 Å². The summed E-state index contributed by atoms with van der Waals surface area (Å²) in [4.78, 5) is 24.7. The van der Waals surface area contributed by atoms with Crippen molar-refractivity contribution in [2.45, 2.75) is 43.7 Å². The number of hydrogen-bond donors (Lipinski definition) is 2. The van der Waals surface area contributed by atoms with Crippen LogP contribution in [0, 0.1) is 0 Å². The second-order valence-corrected chi connectivity index (χ2v) is 9.11.